The minimum absolute atomic E-state index is 0.232. The molecule has 40 heavy (non-hydrogen) atoms. The van der Waals surface area contributed by atoms with Gasteiger partial charge in [-0.05, 0) is 48.4 Å². The number of fused-ring (bicyclic) bond motifs is 1. The van der Waals surface area contributed by atoms with Gasteiger partial charge in [-0.15, -0.1) is 0 Å². The maximum Gasteiger partial charge on any atom is 0.414 e. The normalized spacial score (nSPS) is 11.0. The van der Waals surface area contributed by atoms with Crippen molar-refractivity contribution < 1.29 is 24.1 Å². The number of ether oxygens (including phenoxy) is 3. The van der Waals surface area contributed by atoms with Gasteiger partial charge in [-0.1, -0.05) is 18.2 Å². The lowest BCUT2D eigenvalue weighted by molar-refractivity contribution is 0.201. The van der Waals surface area contributed by atoms with Gasteiger partial charge in [0, 0.05) is 37.1 Å². The predicted octanol–water partition coefficient (Wildman–Crippen LogP) is 4.98. The molecule has 0 fully saturated rings. The Morgan fingerprint density at radius 2 is 1.75 bits per heavy atom. The molecule has 0 unspecified atom stereocenters. The van der Waals surface area contributed by atoms with E-state index in [-0.39, 0.29) is 6.54 Å². The van der Waals surface area contributed by atoms with Crippen LogP contribution in [0.3, 0.4) is 0 Å². The molecule has 3 heterocycles. The molecule has 206 valence electrons. The Labute approximate surface area is 231 Å². The quantitative estimate of drug-likeness (QED) is 0.263. The second-order valence-corrected chi connectivity index (χ2v) is 9.12. The van der Waals surface area contributed by atoms with E-state index in [9.17, 15) is 9.90 Å². The molecule has 0 aliphatic carbocycles. The van der Waals surface area contributed by atoms with Crippen LogP contribution in [0, 0.1) is 0 Å². The number of rotatable bonds is 10. The van der Waals surface area contributed by atoms with E-state index in [1.807, 2.05) is 61.8 Å². The molecule has 0 spiro atoms. The molecule has 3 aromatic heterocycles. The third-order valence-electron chi connectivity index (χ3n) is 6.51. The molecule has 2 aromatic carbocycles. The number of aromatic nitrogens is 5. The molecule has 1 N–H and O–H groups in total. The maximum atomic E-state index is 12.1. The smallest absolute Gasteiger partial charge is 0.414 e. The van der Waals surface area contributed by atoms with Crippen molar-refractivity contribution in [3.63, 3.8) is 0 Å². The Hall–Kier alpha value is -5.06. The zero-order valence-electron chi connectivity index (χ0n) is 22.7. The highest BCUT2D eigenvalue weighted by Gasteiger charge is 2.23. The summed E-state index contributed by atoms with van der Waals surface area (Å²) in [6.07, 6.45) is 4.29. The molecule has 0 aliphatic rings. The first-order valence-electron chi connectivity index (χ1n) is 12.7. The van der Waals surface area contributed by atoms with Crippen molar-refractivity contribution >= 4 is 23.2 Å². The van der Waals surface area contributed by atoms with E-state index in [1.165, 1.54) is 4.90 Å². The lowest BCUT2D eigenvalue weighted by Gasteiger charge is -2.18. The SMILES string of the molecule is CCN(C(=O)O)c1nc2cc(-c3cnn(C)c3)cnc2n1Cc1ccc(OCc2ccc(OC)cc2)c(OC)c1. The van der Waals surface area contributed by atoms with Crippen LogP contribution < -0.4 is 19.1 Å². The molecule has 1 amide bonds. The highest BCUT2D eigenvalue weighted by Crippen LogP contribution is 2.32. The summed E-state index contributed by atoms with van der Waals surface area (Å²) in [6.45, 7) is 2.69. The van der Waals surface area contributed by atoms with E-state index in [2.05, 4.69) is 15.1 Å². The van der Waals surface area contributed by atoms with Crippen LogP contribution in [0.2, 0.25) is 0 Å². The Bertz CT molecular complexity index is 1640. The molecule has 11 nitrogen and oxygen atoms in total. The monoisotopic (exact) mass is 542 g/mol. The number of carboxylic acid groups (broad SMARTS) is 1. The van der Waals surface area contributed by atoms with Crippen LogP contribution in [0.5, 0.6) is 17.2 Å². The van der Waals surface area contributed by atoms with Crippen molar-refractivity contribution in [3.05, 3.63) is 78.2 Å². The van der Waals surface area contributed by atoms with Gasteiger partial charge in [0.05, 0.1) is 27.0 Å². The number of aryl methyl sites for hydroxylation is 1. The van der Waals surface area contributed by atoms with Gasteiger partial charge in [0.15, 0.2) is 17.1 Å². The van der Waals surface area contributed by atoms with E-state index in [4.69, 9.17) is 14.2 Å². The van der Waals surface area contributed by atoms with Gasteiger partial charge in [-0.3, -0.25) is 9.25 Å². The Kier molecular flexibility index (Phi) is 7.54. The lowest BCUT2D eigenvalue weighted by atomic mass is 10.1. The van der Waals surface area contributed by atoms with Gasteiger partial charge < -0.3 is 19.3 Å². The van der Waals surface area contributed by atoms with E-state index in [1.54, 1.807) is 42.8 Å². The van der Waals surface area contributed by atoms with Crippen LogP contribution in [0.25, 0.3) is 22.3 Å². The number of imidazole rings is 1. The number of benzene rings is 2. The summed E-state index contributed by atoms with van der Waals surface area (Å²) in [5.41, 5.74) is 4.76. The van der Waals surface area contributed by atoms with Crippen molar-refractivity contribution in [2.24, 2.45) is 7.05 Å². The molecule has 0 saturated carbocycles. The standard InChI is InChI=1S/C29H30N6O5/c1-5-34(29(36)37)28-32-24-13-21(22-15-31-33(2)17-22)14-30-27(24)35(28)16-20-8-11-25(26(12-20)39-4)40-18-19-6-9-23(38-3)10-7-19/h6-15,17H,5,16,18H2,1-4H3,(H,36,37). The second-order valence-electron chi connectivity index (χ2n) is 9.12. The van der Waals surface area contributed by atoms with Crippen LogP contribution in [0.15, 0.2) is 67.1 Å². The van der Waals surface area contributed by atoms with Crippen molar-refractivity contribution in [2.45, 2.75) is 20.1 Å². The first kappa shape index (κ1) is 26.5. The molecular formula is C29H30N6O5. The van der Waals surface area contributed by atoms with Gasteiger partial charge in [0.1, 0.15) is 17.9 Å². The van der Waals surface area contributed by atoms with Crippen LogP contribution in [0.1, 0.15) is 18.1 Å². The highest BCUT2D eigenvalue weighted by atomic mass is 16.5. The first-order chi connectivity index (χ1) is 19.4. The summed E-state index contributed by atoms with van der Waals surface area (Å²) < 4.78 is 20.4. The number of nitrogens with zero attached hydrogens (tertiary/aromatic N) is 6. The fourth-order valence-corrected chi connectivity index (χ4v) is 4.44. The zero-order valence-corrected chi connectivity index (χ0v) is 22.7. The minimum Gasteiger partial charge on any atom is -0.497 e. The molecule has 11 heteroatoms. The number of hydrogen-bond acceptors (Lipinski definition) is 7. The average molecular weight is 543 g/mol. The van der Waals surface area contributed by atoms with E-state index < -0.39 is 6.09 Å². The molecule has 0 atom stereocenters. The maximum absolute atomic E-state index is 12.1. The Balaban J connectivity index is 1.46. The van der Waals surface area contributed by atoms with Crippen LogP contribution in [-0.2, 0) is 20.2 Å². The van der Waals surface area contributed by atoms with E-state index >= 15 is 0 Å². The van der Waals surface area contributed by atoms with Crippen molar-refractivity contribution in [1.29, 1.82) is 0 Å². The second kappa shape index (κ2) is 11.4. The van der Waals surface area contributed by atoms with Crippen LogP contribution >= 0.6 is 0 Å². The van der Waals surface area contributed by atoms with Crippen LogP contribution in [-0.4, -0.2) is 56.3 Å². The average Bonchev–Trinajstić information content (AvgIpc) is 3.55. The van der Waals surface area contributed by atoms with Gasteiger partial charge >= 0.3 is 6.09 Å². The fraction of sp³-hybridized carbons (Fsp3) is 0.241. The van der Waals surface area contributed by atoms with Crippen LogP contribution in [0.4, 0.5) is 10.7 Å². The predicted molar refractivity (Wildman–Crippen MR) is 150 cm³/mol. The highest BCUT2D eigenvalue weighted by molar-refractivity contribution is 5.88. The fourth-order valence-electron chi connectivity index (χ4n) is 4.44. The molecule has 0 radical (unpaired) electrons. The van der Waals surface area contributed by atoms with Gasteiger partial charge in [-0.25, -0.2) is 19.7 Å². The molecule has 0 aliphatic heterocycles. The molecule has 5 aromatic rings. The number of pyridine rings is 1. The summed E-state index contributed by atoms with van der Waals surface area (Å²) in [5.74, 6) is 2.23. The molecule has 5 rings (SSSR count). The van der Waals surface area contributed by atoms with E-state index in [0.717, 1.165) is 28.0 Å². The largest absolute Gasteiger partial charge is 0.497 e. The third-order valence-corrected chi connectivity index (χ3v) is 6.51. The third kappa shape index (κ3) is 5.39. The minimum atomic E-state index is -1.09. The van der Waals surface area contributed by atoms with Crippen molar-refractivity contribution in [2.75, 3.05) is 25.7 Å². The molecule has 0 saturated heterocycles. The van der Waals surface area contributed by atoms with E-state index in [0.29, 0.717) is 41.8 Å². The van der Waals surface area contributed by atoms with Gasteiger partial charge in [0.2, 0.25) is 5.95 Å². The molecule has 0 bridgehead atoms. The summed E-state index contributed by atoms with van der Waals surface area (Å²) in [4.78, 5) is 22.6. The number of carbonyl (C=O) groups is 1. The van der Waals surface area contributed by atoms with Gasteiger partial charge in [-0.2, -0.15) is 5.10 Å². The summed E-state index contributed by atoms with van der Waals surface area (Å²) >= 11 is 0. The summed E-state index contributed by atoms with van der Waals surface area (Å²) in [6, 6.07) is 15.2. The number of amides is 1. The zero-order chi connectivity index (χ0) is 28.2. The van der Waals surface area contributed by atoms with Gasteiger partial charge in [0.25, 0.3) is 0 Å². The Morgan fingerprint density at radius 1 is 0.975 bits per heavy atom. The van der Waals surface area contributed by atoms with Crippen molar-refractivity contribution in [1.82, 2.24) is 24.3 Å². The Morgan fingerprint density at radius 3 is 2.40 bits per heavy atom. The van der Waals surface area contributed by atoms with Crippen molar-refractivity contribution in [3.8, 4) is 28.4 Å². The molecular weight excluding hydrogens is 512 g/mol. The lowest BCUT2D eigenvalue weighted by Crippen LogP contribution is -2.31. The topological polar surface area (TPSA) is 117 Å². The number of hydrogen-bond donors (Lipinski definition) is 1. The summed E-state index contributed by atoms with van der Waals surface area (Å²) in [5, 5.41) is 14.1. The number of anilines is 1. The first-order valence-corrected chi connectivity index (χ1v) is 12.7. The summed E-state index contributed by atoms with van der Waals surface area (Å²) in [7, 11) is 5.06. The number of methoxy groups -OCH3 is 2.